The summed E-state index contributed by atoms with van der Waals surface area (Å²) in [5, 5.41) is 2.61. The first-order chi connectivity index (χ1) is 9.92. The van der Waals surface area contributed by atoms with E-state index in [1.165, 1.54) is 19.2 Å². The van der Waals surface area contributed by atoms with E-state index in [2.05, 4.69) is 5.32 Å². The molecule has 0 aliphatic rings. The lowest BCUT2D eigenvalue weighted by Gasteiger charge is -2.10. The Morgan fingerprint density at radius 2 is 2.00 bits per heavy atom. The van der Waals surface area contributed by atoms with Gasteiger partial charge in [-0.2, -0.15) is 0 Å². The van der Waals surface area contributed by atoms with Crippen LogP contribution in [0.25, 0.3) is 0 Å². The Labute approximate surface area is 124 Å². The second kappa shape index (κ2) is 5.97. The number of benzene rings is 2. The Morgan fingerprint density at radius 3 is 2.67 bits per heavy atom. The maximum absolute atomic E-state index is 13.8. The molecule has 0 aliphatic heterocycles. The van der Waals surface area contributed by atoms with Gasteiger partial charge in [0.2, 0.25) is 0 Å². The van der Waals surface area contributed by atoms with E-state index in [0.717, 1.165) is 12.1 Å². The third-order valence-corrected chi connectivity index (χ3v) is 3.06. The average molecular weight is 313 g/mol. The lowest BCUT2D eigenvalue weighted by Crippen LogP contribution is -2.15. The maximum Gasteiger partial charge on any atom is 0.258 e. The smallest absolute Gasteiger partial charge is 0.258 e. The normalized spacial score (nSPS) is 10.3. The van der Waals surface area contributed by atoms with Gasteiger partial charge in [0, 0.05) is 6.07 Å². The van der Waals surface area contributed by atoms with E-state index in [-0.39, 0.29) is 10.7 Å². The van der Waals surface area contributed by atoms with Crippen LogP contribution in [-0.4, -0.2) is 13.0 Å². The fourth-order valence-corrected chi connectivity index (χ4v) is 1.86. The molecule has 0 heterocycles. The third-order valence-electron chi connectivity index (χ3n) is 2.73. The van der Waals surface area contributed by atoms with Gasteiger partial charge in [0.15, 0.2) is 5.82 Å². The fraction of sp³-hybridized carbons (Fsp3) is 0.0714. The van der Waals surface area contributed by atoms with E-state index in [9.17, 15) is 13.6 Å². The molecule has 1 amide bonds. The molecule has 4 nitrogen and oxygen atoms in total. The molecule has 0 unspecified atom stereocenters. The molecule has 0 aliphatic carbocycles. The van der Waals surface area contributed by atoms with E-state index in [1.807, 2.05) is 0 Å². The minimum absolute atomic E-state index is 0.211. The quantitative estimate of drug-likeness (QED) is 0.853. The first-order valence-electron chi connectivity index (χ1n) is 5.81. The molecule has 0 spiro atoms. The summed E-state index contributed by atoms with van der Waals surface area (Å²) >= 11 is 5.92. The first-order valence-corrected chi connectivity index (χ1v) is 6.19. The number of amides is 1. The number of anilines is 2. The number of hydrogen-bond donors (Lipinski definition) is 2. The van der Waals surface area contributed by atoms with Gasteiger partial charge < -0.3 is 15.8 Å². The molecule has 2 rings (SSSR count). The number of rotatable bonds is 3. The van der Waals surface area contributed by atoms with E-state index >= 15 is 0 Å². The monoisotopic (exact) mass is 312 g/mol. The van der Waals surface area contributed by atoms with Crippen LogP contribution >= 0.6 is 11.6 Å². The first kappa shape index (κ1) is 15.1. The van der Waals surface area contributed by atoms with Crippen molar-refractivity contribution in [3.8, 4) is 5.75 Å². The molecule has 0 atom stereocenters. The summed E-state index contributed by atoms with van der Waals surface area (Å²) in [6, 6.07) is 6.12. The number of hydrogen-bond acceptors (Lipinski definition) is 3. The van der Waals surface area contributed by atoms with Crippen LogP contribution in [0, 0.1) is 11.6 Å². The summed E-state index contributed by atoms with van der Waals surface area (Å²) in [6.45, 7) is 0. The lowest BCUT2D eigenvalue weighted by atomic mass is 10.1. The van der Waals surface area contributed by atoms with Crippen LogP contribution in [-0.2, 0) is 0 Å². The molecule has 7 heteroatoms. The number of halogens is 3. The van der Waals surface area contributed by atoms with Gasteiger partial charge in [-0.3, -0.25) is 4.79 Å². The summed E-state index contributed by atoms with van der Waals surface area (Å²) in [5.41, 5.74) is 4.54. The van der Waals surface area contributed by atoms with Crippen molar-refractivity contribution in [3.05, 3.63) is 52.6 Å². The van der Waals surface area contributed by atoms with Gasteiger partial charge in [-0.05, 0) is 24.3 Å². The summed E-state index contributed by atoms with van der Waals surface area (Å²) in [7, 11) is 1.45. The fourth-order valence-electron chi connectivity index (χ4n) is 1.69. The van der Waals surface area contributed by atoms with Crippen molar-refractivity contribution < 1.29 is 18.3 Å². The van der Waals surface area contributed by atoms with E-state index in [0.29, 0.717) is 5.75 Å². The average Bonchev–Trinajstić information content (AvgIpc) is 2.45. The molecule has 2 aromatic carbocycles. The highest BCUT2D eigenvalue weighted by atomic mass is 35.5. The molecule has 0 radical (unpaired) electrons. The van der Waals surface area contributed by atoms with E-state index in [4.69, 9.17) is 22.1 Å². The Kier molecular flexibility index (Phi) is 4.28. The van der Waals surface area contributed by atoms with E-state index < -0.39 is 28.8 Å². The van der Waals surface area contributed by atoms with Crippen molar-refractivity contribution in [2.45, 2.75) is 0 Å². The highest BCUT2D eigenvalue weighted by Crippen LogP contribution is 2.27. The van der Waals surface area contributed by atoms with Gasteiger partial charge in [0.05, 0.1) is 29.1 Å². The van der Waals surface area contributed by atoms with Crippen molar-refractivity contribution in [3.63, 3.8) is 0 Å². The van der Waals surface area contributed by atoms with Crippen LogP contribution in [0.2, 0.25) is 5.02 Å². The molecule has 2 aromatic rings. The van der Waals surface area contributed by atoms with Gasteiger partial charge in [-0.1, -0.05) is 11.6 Å². The Morgan fingerprint density at radius 1 is 1.29 bits per heavy atom. The minimum Gasteiger partial charge on any atom is -0.497 e. The Hall–Kier alpha value is -2.34. The molecule has 0 aromatic heterocycles. The molecular formula is C14H11ClF2N2O2. The highest BCUT2D eigenvalue weighted by Gasteiger charge is 2.17. The van der Waals surface area contributed by atoms with Crippen LogP contribution in [0.15, 0.2) is 30.3 Å². The zero-order valence-corrected chi connectivity index (χ0v) is 11.7. The van der Waals surface area contributed by atoms with Gasteiger partial charge in [-0.15, -0.1) is 0 Å². The second-order valence-electron chi connectivity index (χ2n) is 4.16. The van der Waals surface area contributed by atoms with Gasteiger partial charge in [-0.25, -0.2) is 8.78 Å². The highest BCUT2D eigenvalue weighted by molar-refractivity contribution is 6.34. The Balaban J connectivity index is 2.34. The molecule has 0 saturated heterocycles. The molecule has 3 N–H and O–H groups in total. The van der Waals surface area contributed by atoms with Crippen molar-refractivity contribution in [2.24, 2.45) is 0 Å². The lowest BCUT2D eigenvalue weighted by molar-refractivity contribution is 0.102. The third kappa shape index (κ3) is 3.22. The molecule has 21 heavy (non-hydrogen) atoms. The van der Waals surface area contributed by atoms with Crippen LogP contribution in [0.5, 0.6) is 5.75 Å². The van der Waals surface area contributed by atoms with Crippen LogP contribution < -0.4 is 15.8 Å². The summed E-state index contributed by atoms with van der Waals surface area (Å²) in [4.78, 5) is 12.0. The standard InChI is InChI=1S/C14H11ClF2N2O2/c1-21-8-2-3-10(15)12(6-8)19-14(20)9-4-7(16)5-11(18)13(9)17/h2-6H,18H2,1H3,(H,19,20). The second-order valence-corrected chi connectivity index (χ2v) is 4.56. The maximum atomic E-state index is 13.8. The van der Waals surface area contributed by atoms with Gasteiger partial charge >= 0.3 is 0 Å². The van der Waals surface area contributed by atoms with Crippen LogP contribution in [0.3, 0.4) is 0 Å². The summed E-state index contributed by atoms with van der Waals surface area (Å²) in [5.74, 6) is -2.22. The molecule has 110 valence electrons. The number of ether oxygens (including phenoxy) is 1. The number of carbonyl (C=O) groups is 1. The molecule has 0 saturated carbocycles. The number of nitrogens with two attached hydrogens (primary N) is 1. The molecule has 0 fully saturated rings. The Bertz CT molecular complexity index is 708. The van der Waals surface area contributed by atoms with Gasteiger partial charge in [0.1, 0.15) is 11.6 Å². The van der Waals surface area contributed by atoms with Crippen LogP contribution in [0.1, 0.15) is 10.4 Å². The van der Waals surface area contributed by atoms with Crippen molar-refractivity contribution in [1.29, 1.82) is 0 Å². The minimum atomic E-state index is -0.993. The summed E-state index contributed by atoms with van der Waals surface area (Å²) < 4.78 is 32.0. The number of carbonyl (C=O) groups excluding carboxylic acids is 1. The van der Waals surface area contributed by atoms with Crippen molar-refractivity contribution >= 4 is 28.9 Å². The topological polar surface area (TPSA) is 64.3 Å². The molecule has 0 bridgehead atoms. The van der Waals surface area contributed by atoms with E-state index in [1.54, 1.807) is 6.07 Å². The summed E-state index contributed by atoms with van der Waals surface area (Å²) in [6.07, 6.45) is 0. The number of methoxy groups -OCH3 is 1. The number of nitrogen functional groups attached to an aromatic ring is 1. The SMILES string of the molecule is COc1ccc(Cl)c(NC(=O)c2cc(F)cc(N)c2F)c1. The predicted molar refractivity (Wildman–Crippen MR) is 76.7 cm³/mol. The zero-order valence-electron chi connectivity index (χ0n) is 10.9. The van der Waals surface area contributed by atoms with Crippen molar-refractivity contribution in [2.75, 3.05) is 18.2 Å². The largest absolute Gasteiger partial charge is 0.497 e. The molecular weight excluding hydrogens is 302 g/mol. The predicted octanol–water partition coefficient (Wildman–Crippen LogP) is 3.46. The zero-order chi connectivity index (χ0) is 15.6. The van der Waals surface area contributed by atoms with Gasteiger partial charge in [0.25, 0.3) is 5.91 Å². The van der Waals surface area contributed by atoms with Crippen molar-refractivity contribution in [1.82, 2.24) is 0 Å². The number of nitrogens with one attached hydrogen (secondary N) is 1. The van der Waals surface area contributed by atoms with Crippen LogP contribution in [0.4, 0.5) is 20.2 Å².